The molecule has 0 atom stereocenters. The minimum atomic E-state index is -0.0529. The summed E-state index contributed by atoms with van der Waals surface area (Å²) in [5.41, 5.74) is 1.59. The summed E-state index contributed by atoms with van der Waals surface area (Å²) in [6, 6.07) is 23.7. The van der Waals surface area contributed by atoms with Crippen LogP contribution in [0.3, 0.4) is 0 Å². The average Bonchev–Trinajstić information content (AvgIpc) is 3.04. The van der Waals surface area contributed by atoms with Gasteiger partial charge in [-0.05, 0) is 29.0 Å². The molecule has 1 amide bonds. The van der Waals surface area contributed by atoms with E-state index in [0.717, 1.165) is 27.5 Å². The number of nitrogens with one attached hydrogen (secondary N) is 1. The highest BCUT2D eigenvalue weighted by Crippen LogP contribution is 2.20. The molecule has 3 aromatic carbocycles. The number of carbonyl (C=O) groups is 1. The summed E-state index contributed by atoms with van der Waals surface area (Å²) in [7, 11) is 0. The van der Waals surface area contributed by atoms with Crippen molar-refractivity contribution >= 4 is 27.6 Å². The molecule has 24 heavy (non-hydrogen) atoms. The van der Waals surface area contributed by atoms with E-state index in [9.17, 15) is 4.79 Å². The first-order chi connectivity index (χ1) is 11.8. The minimum absolute atomic E-state index is 0.0529. The monoisotopic (exact) mass is 315 g/mol. The normalized spacial score (nSPS) is 11.0. The maximum atomic E-state index is 12.5. The van der Waals surface area contributed by atoms with E-state index < -0.39 is 0 Å². The third-order valence-electron chi connectivity index (χ3n) is 4.17. The Hall–Kier alpha value is -3.07. The Morgan fingerprint density at radius 1 is 0.875 bits per heavy atom. The van der Waals surface area contributed by atoms with E-state index in [-0.39, 0.29) is 5.91 Å². The molecule has 1 heterocycles. The van der Waals surface area contributed by atoms with E-state index in [0.29, 0.717) is 18.5 Å². The molecule has 4 rings (SSSR count). The molecule has 0 saturated carbocycles. The Kier molecular flexibility index (Phi) is 3.75. The van der Waals surface area contributed by atoms with Gasteiger partial charge in [0.15, 0.2) is 0 Å². The van der Waals surface area contributed by atoms with Crippen molar-refractivity contribution in [2.75, 3.05) is 6.54 Å². The first-order valence-corrected chi connectivity index (χ1v) is 8.05. The third kappa shape index (κ3) is 2.76. The first-order valence-electron chi connectivity index (χ1n) is 8.05. The van der Waals surface area contributed by atoms with Gasteiger partial charge in [0, 0.05) is 23.9 Å². The summed E-state index contributed by atoms with van der Waals surface area (Å²) in [6.45, 7) is 0.544. The van der Waals surface area contributed by atoms with E-state index in [1.807, 2.05) is 72.8 Å². The van der Waals surface area contributed by atoms with Gasteiger partial charge in [-0.25, -0.2) is 0 Å². The van der Waals surface area contributed by atoms with E-state index in [1.54, 1.807) is 0 Å². The molecule has 0 bridgehead atoms. The molecule has 0 saturated heterocycles. The van der Waals surface area contributed by atoms with Gasteiger partial charge in [0.25, 0.3) is 5.91 Å². The number of para-hydroxylation sites is 1. The fourth-order valence-electron chi connectivity index (χ4n) is 2.98. The van der Waals surface area contributed by atoms with Gasteiger partial charge < -0.3 is 9.73 Å². The van der Waals surface area contributed by atoms with Crippen molar-refractivity contribution in [1.82, 2.24) is 5.32 Å². The number of hydrogen-bond donors (Lipinski definition) is 1. The molecule has 0 aliphatic carbocycles. The fourth-order valence-corrected chi connectivity index (χ4v) is 2.98. The standard InChI is InChI=1S/C21H17NO2/c23-21(19-10-5-8-15-6-1-3-9-18(15)19)22-13-12-17-14-16-7-2-4-11-20(16)24-17/h1-11,14H,12-13H2,(H,22,23). The molecule has 1 N–H and O–H groups in total. The van der Waals surface area contributed by atoms with Crippen LogP contribution in [0.2, 0.25) is 0 Å². The van der Waals surface area contributed by atoms with Gasteiger partial charge in [-0.15, -0.1) is 0 Å². The molecule has 0 radical (unpaired) electrons. The van der Waals surface area contributed by atoms with Crippen LogP contribution >= 0.6 is 0 Å². The summed E-state index contributed by atoms with van der Waals surface area (Å²) in [4.78, 5) is 12.5. The van der Waals surface area contributed by atoms with Crippen molar-refractivity contribution in [2.45, 2.75) is 6.42 Å². The van der Waals surface area contributed by atoms with Crippen LogP contribution in [0.1, 0.15) is 16.1 Å². The predicted octanol–water partition coefficient (Wildman–Crippen LogP) is 4.56. The number of benzene rings is 3. The Bertz CT molecular complexity index is 978. The lowest BCUT2D eigenvalue weighted by molar-refractivity contribution is 0.0955. The zero-order chi connectivity index (χ0) is 16.4. The van der Waals surface area contributed by atoms with Crippen LogP contribution in [-0.2, 0) is 6.42 Å². The van der Waals surface area contributed by atoms with Crippen molar-refractivity contribution in [3.63, 3.8) is 0 Å². The highest BCUT2D eigenvalue weighted by atomic mass is 16.3. The largest absolute Gasteiger partial charge is 0.461 e. The maximum absolute atomic E-state index is 12.5. The lowest BCUT2D eigenvalue weighted by Gasteiger charge is -2.07. The summed E-state index contributed by atoms with van der Waals surface area (Å²) in [5.74, 6) is 0.831. The summed E-state index contributed by atoms with van der Waals surface area (Å²) in [6.07, 6.45) is 0.672. The topological polar surface area (TPSA) is 42.2 Å². The number of rotatable bonds is 4. The van der Waals surface area contributed by atoms with E-state index >= 15 is 0 Å². The van der Waals surface area contributed by atoms with Gasteiger partial charge >= 0.3 is 0 Å². The Morgan fingerprint density at radius 3 is 2.50 bits per heavy atom. The Labute approximate surface area is 139 Å². The van der Waals surface area contributed by atoms with Gasteiger partial charge in [0.1, 0.15) is 11.3 Å². The SMILES string of the molecule is O=C(NCCc1cc2ccccc2o1)c1cccc2ccccc12. The maximum Gasteiger partial charge on any atom is 0.251 e. The summed E-state index contributed by atoms with van der Waals surface area (Å²) in [5, 5.41) is 6.12. The zero-order valence-corrected chi connectivity index (χ0v) is 13.2. The lowest BCUT2D eigenvalue weighted by Crippen LogP contribution is -2.25. The molecule has 4 aromatic rings. The zero-order valence-electron chi connectivity index (χ0n) is 13.2. The van der Waals surface area contributed by atoms with Gasteiger partial charge in [-0.2, -0.15) is 0 Å². The van der Waals surface area contributed by atoms with Crippen LogP contribution in [0.15, 0.2) is 77.2 Å². The lowest BCUT2D eigenvalue weighted by atomic mass is 10.0. The van der Waals surface area contributed by atoms with Gasteiger partial charge in [-0.1, -0.05) is 54.6 Å². The van der Waals surface area contributed by atoms with Gasteiger partial charge in [0.2, 0.25) is 0 Å². The first kappa shape index (κ1) is 14.5. The van der Waals surface area contributed by atoms with E-state index in [1.165, 1.54) is 0 Å². The predicted molar refractivity (Wildman–Crippen MR) is 96.2 cm³/mol. The minimum Gasteiger partial charge on any atom is -0.461 e. The molecule has 3 heteroatoms. The van der Waals surface area contributed by atoms with Crippen LogP contribution in [0, 0.1) is 0 Å². The van der Waals surface area contributed by atoms with Gasteiger partial charge in [0.05, 0.1) is 0 Å². The molecule has 0 aliphatic rings. The van der Waals surface area contributed by atoms with Crippen molar-refractivity contribution in [3.8, 4) is 0 Å². The van der Waals surface area contributed by atoms with Crippen LogP contribution < -0.4 is 5.32 Å². The second kappa shape index (κ2) is 6.20. The van der Waals surface area contributed by atoms with Crippen molar-refractivity contribution in [1.29, 1.82) is 0 Å². The molecular formula is C21H17NO2. The second-order valence-corrected chi connectivity index (χ2v) is 5.78. The summed E-state index contributed by atoms with van der Waals surface area (Å²) >= 11 is 0. The highest BCUT2D eigenvalue weighted by Gasteiger charge is 2.09. The molecule has 118 valence electrons. The molecular weight excluding hydrogens is 298 g/mol. The molecule has 1 aromatic heterocycles. The number of carbonyl (C=O) groups excluding carboxylic acids is 1. The molecule has 0 unspecified atom stereocenters. The quantitative estimate of drug-likeness (QED) is 0.600. The average molecular weight is 315 g/mol. The number of hydrogen-bond acceptors (Lipinski definition) is 2. The Morgan fingerprint density at radius 2 is 1.62 bits per heavy atom. The third-order valence-corrected chi connectivity index (χ3v) is 4.17. The van der Waals surface area contributed by atoms with Crippen LogP contribution in [0.25, 0.3) is 21.7 Å². The number of amides is 1. The van der Waals surface area contributed by atoms with Crippen molar-refractivity contribution < 1.29 is 9.21 Å². The van der Waals surface area contributed by atoms with E-state index in [4.69, 9.17) is 4.42 Å². The van der Waals surface area contributed by atoms with Crippen molar-refractivity contribution in [2.24, 2.45) is 0 Å². The smallest absolute Gasteiger partial charge is 0.251 e. The molecule has 0 fully saturated rings. The van der Waals surface area contributed by atoms with Crippen LogP contribution in [-0.4, -0.2) is 12.5 Å². The molecule has 0 aliphatic heterocycles. The van der Waals surface area contributed by atoms with Gasteiger partial charge in [-0.3, -0.25) is 4.79 Å². The fraction of sp³-hybridized carbons (Fsp3) is 0.0952. The molecule has 0 spiro atoms. The van der Waals surface area contributed by atoms with Crippen molar-refractivity contribution in [3.05, 3.63) is 84.1 Å². The number of furan rings is 1. The summed E-state index contributed by atoms with van der Waals surface area (Å²) < 4.78 is 5.77. The van der Waals surface area contributed by atoms with Crippen LogP contribution in [0.4, 0.5) is 0 Å². The Balaban J connectivity index is 1.46. The molecule has 3 nitrogen and oxygen atoms in total. The number of fused-ring (bicyclic) bond motifs is 2. The van der Waals surface area contributed by atoms with E-state index in [2.05, 4.69) is 5.32 Å². The highest BCUT2D eigenvalue weighted by molar-refractivity contribution is 6.07. The van der Waals surface area contributed by atoms with Crippen LogP contribution in [0.5, 0.6) is 0 Å². The second-order valence-electron chi connectivity index (χ2n) is 5.78.